The maximum atomic E-state index is 13.0. The fraction of sp³-hybridized carbons (Fsp3) is 0.100. The third kappa shape index (κ3) is 3.77. The Morgan fingerprint density at radius 2 is 1.46 bits per heavy atom. The fourth-order valence-corrected chi connectivity index (χ4v) is 2.61. The predicted molar refractivity (Wildman–Crippen MR) is 95.6 cm³/mol. The first kappa shape index (κ1) is 17.7. The lowest BCUT2D eigenvalue weighted by molar-refractivity contribution is 0.0912. The van der Waals surface area contributed by atoms with Crippen LogP contribution >= 0.6 is 0 Å². The molecule has 0 spiro atoms. The monoisotopic (exact) mass is 352 g/mol. The van der Waals surface area contributed by atoms with Gasteiger partial charge < -0.3 is 15.9 Å². The van der Waals surface area contributed by atoms with E-state index in [1.54, 1.807) is 18.2 Å². The molecule has 0 fully saturated rings. The first-order valence-corrected chi connectivity index (χ1v) is 7.95. The van der Waals surface area contributed by atoms with Crippen molar-refractivity contribution in [1.29, 1.82) is 0 Å². The number of pyridine rings is 1. The summed E-state index contributed by atoms with van der Waals surface area (Å²) in [5, 5.41) is 19.0. The van der Waals surface area contributed by atoms with Gasteiger partial charge in [-0.3, -0.25) is 4.79 Å². The van der Waals surface area contributed by atoms with Gasteiger partial charge >= 0.3 is 0 Å². The van der Waals surface area contributed by atoms with Crippen LogP contribution < -0.4 is 5.73 Å². The summed E-state index contributed by atoms with van der Waals surface area (Å²) < 4.78 is 13.0. The molecule has 1 heterocycles. The molecule has 2 aromatic carbocycles. The minimum atomic E-state index is -1.20. The number of aliphatic hydroxyl groups excluding tert-OH is 2. The van der Waals surface area contributed by atoms with Crippen LogP contribution in [-0.2, 0) is 0 Å². The molecule has 3 aromatic rings. The SMILES string of the molecule is NC(=O)c1cc(-c2ccc(-c3ccc(F)cc3)cc2)cc([C@@H](O)CO)n1. The molecule has 1 aromatic heterocycles. The number of aromatic nitrogens is 1. The maximum Gasteiger partial charge on any atom is 0.267 e. The summed E-state index contributed by atoms with van der Waals surface area (Å²) in [7, 11) is 0. The highest BCUT2D eigenvalue weighted by molar-refractivity contribution is 5.92. The second-order valence-corrected chi connectivity index (χ2v) is 5.81. The quantitative estimate of drug-likeness (QED) is 0.658. The van der Waals surface area contributed by atoms with Gasteiger partial charge in [-0.2, -0.15) is 0 Å². The number of benzene rings is 2. The molecule has 3 rings (SSSR count). The summed E-state index contributed by atoms with van der Waals surface area (Å²) in [5.41, 5.74) is 8.69. The Balaban J connectivity index is 1.99. The summed E-state index contributed by atoms with van der Waals surface area (Å²) in [6.45, 7) is -0.516. The number of rotatable bonds is 5. The molecule has 0 aliphatic heterocycles. The number of amides is 1. The number of carbonyl (C=O) groups is 1. The zero-order chi connectivity index (χ0) is 18.7. The van der Waals surface area contributed by atoms with Crippen molar-refractivity contribution in [2.24, 2.45) is 5.73 Å². The largest absolute Gasteiger partial charge is 0.393 e. The lowest BCUT2D eigenvalue weighted by atomic mass is 9.99. The van der Waals surface area contributed by atoms with Crippen molar-refractivity contribution in [2.45, 2.75) is 6.10 Å². The van der Waals surface area contributed by atoms with Crippen LogP contribution in [0.3, 0.4) is 0 Å². The molecule has 0 bridgehead atoms. The average Bonchev–Trinajstić information content (AvgIpc) is 2.67. The topological polar surface area (TPSA) is 96.4 Å². The Bertz CT molecular complexity index is 925. The molecule has 132 valence electrons. The maximum absolute atomic E-state index is 13.0. The van der Waals surface area contributed by atoms with Crippen LogP contribution in [0.15, 0.2) is 60.7 Å². The van der Waals surface area contributed by atoms with Crippen LogP contribution in [0, 0.1) is 5.82 Å². The van der Waals surface area contributed by atoms with Crippen molar-refractivity contribution in [2.75, 3.05) is 6.61 Å². The van der Waals surface area contributed by atoms with E-state index in [-0.39, 0.29) is 17.2 Å². The zero-order valence-corrected chi connectivity index (χ0v) is 13.8. The molecular formula is C20H17FN2O3. The van der Waals surface area contributed by atoms with E-state index in [1.807, 2.05) is 24.3 Å². The third-order valence-electron chi connectivity index (χ3n) is 4.01. The fourth-order valence-electron chi connectivity index (χ4n) is 2.61. The van der Waals surface area contributed by atoms with Gasteiger partial charge in [0.2, 0.25) is 0 Å². The number of halogens is 1. The first-order valence-electron chi connectivity index (χ1n) is 7.95. The number of nitrogens with zero attached hydrogens (tertiary/aromatic N) is 1. The van der Waals surface area contributed by atoms with Crippen molar-refractivity contribution >= 4 is 5.91 Å². The summed E-state index contributed by atoms with van der Waals surface area (Å²) >= 11 is 0. The molecule has 4 N–H and O–H groups in total. The molecule has 0 aliphatic rings. The van der Waals surface area contributed by atoms with E-state index in [9.17, 15) is 14.3 Å². The van der Waals surface area contributed by atoms with Crippen molar-refractivity contribution < 1.29 is 19.4 Å². The molecule has 5 nitrogen and oxygen atoms in total. The van der Waals surface area contributed by atoms with Crippen molar-refractivity contribution in [3.8, 4) is 22.3 Å². The van der Waals surface area contributed by atoms with Gasteiger partial charge in [-0.05, 0) is 46.5 Å². The van der Waals surface area contributed by atoms with E-state index in [0.717, 1.165) is 16.7 Å². The third-order valence-corrected chi connectivity index (χ3v) is 4.01. The number of aliphatic hydroxyl groups is 2. The van der Waals surface area contributed by atoms with Crippen LogP contribution in [0.25, 0.3) is 22.3 Å². The smallest absolute Gasteiger partial charge is 0.267 e. The summed E-state index contributed by atoms with van der Waals surface area (Å²) in [5.74, 6) is -1.02. The molecular weight excluding hydrogens is 335 g/mol. The number of carbonyl (C=O) groups excluding carboxylic acids is 1. The summed E-state index contributed by atoms with van der Waals surface area (Å²) in [4.78, 5) is 15.5. The normalized spacial score (nSPS) is 12.0. The highest BCUT2D eigenvalue weighted by atomic mass is 19.1. The van der Waals surface area contributed by atoms with Gasteiger partial charge in [-0.1, -0.05) is 36.4 Å². The van der Waals surface area contributed by atoms with E-state index in [1.165, 1.54) is 18.2 Å². The highest BCUT2D eigenvalue weighted by Crippen LogP contribution is 2.27. The van der Waals surface area contributed by atoms with Gasteiger partial charge in [0.05, 0.1) is 12.3 Å². The molecule has 0 saturated carbocycles. The van der Waals surface area contributed by atoms with Gasteiger partial charge in [0.1, 0.15) is 17.6 Å². The van der Waals surface area contributed by atoms with Crippen LogP contribution in [-0.4, -0.2) is 27.7 Å². The van der Waals surface area contributed by atoms with Gasteiger partial charge in [0.25, 0.3) is 5.91 Å². The van der Waals surface area contributed by atoms with Gasteiger partial charge in [-0.15, -0.1) is 0 Å². The van der Waals surface area contributed by atoms with E-state index < -0.39 is 18.6 Å². The van der Waals surface area contributed by atoms with Crippen molar-refractivity contribution in [3.63, 3.8) is 0 Å². The molecule has 1 atom stereocenters. The molecule has 1 amide bonds. The summed E-state index contributed by atoms with van der Waals surface area (Å²) in [6.07, 6.45) is -1.20. The minimum Gasteiger partial charge on any atom is -0.393 e. The molecule has 0 radical (unpaired) electrons. The van der Waals surface area contributed by atoms with Crippen LogP contribution in [0.5, 0.6) is 0 Å². The molecule has 26 heavy (non-hydrogen) atoms. The Morgan fingerprint density at radius 3 is 1.96 bits per heavy atom. The molecule has 6 heteroatoms. The van der Waals surface area contributed by atoms with Crippen LogP contribution in [0.1, 0.15) is 22.3 Å². The number of nitrogens with two attached hydrogens (primary N) is 1. The van der Waals surface area contributed by atoms with Crippen LogP contribution in [0.4, 0.5) is 4.39 Å². The van der Waals surface area contributed by atoms with Gasteiger partial charge in [0, 0.05) is 0 Å². The summed E-state index contributed by atoms with van der Waals surface area (Å²) in [6, 6.07) is 16.7. The van der Waals surface area contributed by atoms with Crippen LogP contribution in [0.2, 0.25) is 0 Å². The Hall–Kier alpha value is -3.09. The van der Waals surface area contributed by atoms with E-state index >= 15 is 0 Å². The Morgan fingerprint density at radius 1 is 0.962 bits per heavy atom. The second kappa shape index (κ2) is 7.43. The number of hydrogen-bond donors (Lipinski definition) is 3. The standard InChI is InChI=1S/C20H17FN2O3/c21-16-7-5-13(6-8-16)12-1-3-14(4-2-12)15-9-17(19(25)11-24)23-18(10-15)20(22)26/h1-10,19,24-25H,11H2,(H2,22,26)/t19-/m0/s1. The Labute approximate surface area is 149 Å². The van der Waals surface area contributed by atoms with Gasteiger partial charge in [-0.25, -0.2) is 9.37 Å². The lowest BCUT2D eigenvalue weighted by Crippen LogP contribution is -2.16. The van der Waals surface area contributed by atoms with Crippen molar-refractivity contribution in [1.82, 2.24) is 4.98 Å². The minimum absolute atomic E-state index is 0.00705. The number of primary amides is 1. The molecule has 0 saturated heterocycles. The highest BCUT2D eigenvalue weighted by Gasteiger charge is 2.14. The van der Waals surface area contributed by atoms with Gasteiger partial charge in [0.15, 0.2) is 0 Å². The molecule has 0 unspecified atom stereocenters. The second-order valence-electron chi connectivity index (χ2n) is 5.81. The number of hydrogen-bond acceptors (Lipinski definition) is 4. The first-order chi connectivity index (χ1) is 12.5. The predicted octanol–water partition coefficient (Wildman–Crippen LogP) is 2.68. The Kier molecular flexibility index (Phi) is 5.06. The van der Waals surface area contributed by atoms with E-state index in [0.29, 0.717) is 5.56 Å². The average molecular weight is 352 g/mol. The zero-order valence-electron chi connectivity index (χ0n) is 13.8. The molecule has 0 aliphatic carbocycles. The van der Waals surface area contributed by atoms with Crippen molar-refractivity contribution in [3.05, 3.63) is 77.9 Å². The van der Waals surface area contributed by atoms with E-state index in [2.05, 4.69) is 4.98 Å². The van der Waals surface area contributed by atoms with E-state index in [4.69, 9.17) is 10.8 Å². The lowest BCUT2D eigenvalue weighted by Gasteiger charge is -2.11.